The number of ether oxygens (including phenoxy) is 1. The van der Waals surface area contributed by atoms with Crippen LogP contribution in [-0.4, -0.2) is 21.6 Å². The van der Waals surface area contributed by atoms with E-state index in [2.05, 4.69) is 25.6 Å². The molecule has 27 heavy (non-hydrogen) atoms. The van der Waals surface area contributed by atoms with E-state index in [-0.39, 0.29) is 0 Å². The third kappa shape index (κ3) is 3.79. The molecule has 0 saturated heterocycles. The molecular weight excluding hydrogens is 338 g/mol. The standard InChI is InChI=1S/C21H19N5O/c1-2-27-18-11-4-3-9-16(18)25-19-13-20(24-14-23-19)26-17-10-5-7-15-8-6-12-22-21(15)17/h3-14H,2H2,1H3,(H2,23,24,25,26). The second kappa shape index (κ2) is 7.70. The van der Waals surface area contributed by atoms with E-state index in [4.69, 9.17) is 4.74 Å². The number of rotatable bonds is 6. The summed E-state index contributed by atoms with van der Waals surface area (Å²) in [5.41, 5.74) is 2.65. The maximum Gasteiger partial charge on any atom is 0.142 e. The van der Waals surface area contributed by atoms with Crippen molar-refractivity contribution in [2.75, 3.05) is 17.2 Å². The van der Waals surface area contributed by atoms with Crippen LogP contribution in [0.3, 0.4) is 0 Å². The Hall–Kier alpha value is -3.67. The molecule has 2 aromatic heterocycles. The first-order chi connectivity index (χ1) is 13.3. The molecule has 0 radical (unpaired) electrons. The first kappa shape index (κ1) is 16.8. The highest BCUT2D eigenvalue weighted by atomic mass is 16.5. The summed E-state index contributed by atoms with van der Waals surface area (Å²) in [5, 5.41) is 7.69. The summed E-state index contributed by atoms with van der Waals surface area (Å²) < 4.78 is 5.65. The van der Waals surface area contributed by atoms with Crippen LogP contribution >= 0.6 is 0 Å². The lowest BCUT2D eigenvalue weighted by Crippen LogP contribution is -2.01. The zero-order valence-electron chi connectivity index (χ0n) is 14.9. The zero-order valence-corrected chi connectivity index (χ0v) is 14.9. The van der Waals surface area contributed by atoms with Gasteiger partial charge >= 0.3 is 0 Å². The van der Waals surface area contributed by atoms with Crippen molar-refractivity contribution in [1.29, 1.82) is 0 Å². The van der Waals surface area contributed by atoms with Gasteiger partial charge in [-0.1, -0.05) is 30.3 Å². The Kier molecular flexibility index (Phi) is 4.78. The second-order valence-corrected chi connectivity index (χ2v) is 5.85. The predicted molar refractivity (Wildman–Crippen MR) is 108 cm³/mol. The molecule has 0 atom stereocenters. The summed E-state index contributed by atoms with van der Waals surface area (Å²) in [6.45, 7) is 2.56. The molecular formula is C21H19N5O. The van der Waals surface area contributed by atoms with E-state index >= 15 is 0 Å². The van der Waals surface area contributed by atoms with E-state index in [9.17, 15) is 0 Å². The summed E-state index contributed by atoms with van der Waals surface area (Å²) >= 11 is 0. The first-order valence-electron chi connectivity index (χ1n) is 8.75. The third-order valence-corrected chi connectivity index (χ3v) is 4.01. The van der Waals surface area contributed by atoms with E-state index < -0.39 is 0 Å². The number of nitrogens with zero attached hydrogens (tertiary/aromatic N) is 3. The Balaban J connectivity index is 1.60. The number of nitrogens with one attached hydrogen (secondary N) is 2. The van der Waals surface area contributed by atoms with Crippen molar-refractivity contribution < 1.29 is 4.74 Å². The van der Waals surface area contributed by atoms with Gasteiger partial charge in [-0.15, -0.1) is 0 Å². The third-order valence-electron chi connectivity index (χ3n) is 4.01. The lowest BCUT2D eigenvalue weighted by Gasteiger charge is -2.13. The minimum absolute atomic E-state index is 0.601. The van der Waals surface area contributed by atoms with Gasteiger partial charge in [-0.05, 0) is 31.2 Å². The van der Waals surface area contributed by atoms with Crippen LogP contribution in [-0.2, 0) is 0 Å². The molecule has 0 aliphatic carbocycles. The van der Waals surface area contributed by atoms with Crippen molar-refractivity contribution >= 4 is 33.9 Å². The van der Waals surface area contributed by atoms with Crippen LogP contribution in [0.5, 0.6) is 5.75 Å². The molecule has 4 aromatic rings. The molecule has 2 aromatic carbocycles. The minimum Gasteiger partial charge on any atom is -0.492 e. The molecule has 0 aliphatic rings. The van der Waals surface area contributed by atoms with E-state index in [1.165, 1.54) is 6.33 Å². The van der Waals surface area contributed by atoms with Gasteiger partial charge in [0, 0.05) is 17.6 Å². The van der Waals surface area contributed by atoms with Crippen LogP contribution in [0.25, 0.3) is 10.9 Å². The monoisotopic (exact) mass is 357 g/mol. The molecule has 4 rings (SSSR count). The molecule has 0 aliphatic heterocycles. The Morgan fingerprint density at radius 1 is 0.815 bits per heavy atom. The van der Waals surface area contributed by atoms with Crippen LogP contribution in [0.2, 0.25) is 0 Å². The van der Waals surface area contributed by atoms with Crippen molar-refractivity contribution in [2.24, 2.45) is 0 Å². The number of fused-ring (bicyclic) bond motifs is 1. The van der Waals surface area contributed by atoms with Gasteiger partial charge in [-0.25, -0.2) is 9.97 Å². The summed E-state index contributed by atoms with van der Waals surface area (Å²) in [4.78, 5) is 13.1. The highest BCUT2D eigenvalue weighted by Crippen LogP contribution is 2.28. The van der Waals surface area contributed by atoms with Crippen molar-refractivity contribution in [3.63, 3.8) is 0 Å². The minimum atomic E-state index is 0.601. The summed E-state index contributed by atoms with van der Waals surface area (Å²) in [7, 11) is 0. The molecule has 2 N–H and O–H groups in total. The van der Waals surface area contributed by atoms with Crippen LogP contribution < -0.4 is 15.4 Å². The van der Waals surface area contributed by atoms with Crippen molar-refractivity contribution in [3.05, 3.63) is 73.2 Å². The predicted octanol–water partition coefficient (Wildman–Crippen LogP) is 4.91. The van der Waals surface area contributed by atoms with Gasteiger partial charge in [0.25, 0.3) is 0 Å². The van der Waals surface area contributed by atoms with Gasteiger partial charge in [0.05, 0.1) is 23.5 Å². The van der Waals surface area contributed by atoms with Crippen molar-refractivity contribution in [1.82, 2.24) is 15.0 Å². The van der Waals surface area contributed by atoms with Gasteiger partial charge < -0.3 is 15.4 Å². The van der Waals surface area contributed by atoms with Gasteiger partial charge in [0.2, 0.25) is 0 Å². The number of para-hydroxylation sites is 3. The van der Waals surface area contributed by atoms with Crippen molar-refractivity contribution in [3.8, 4) is 5.75 Å². The van der Waals surface area contributed by atoms with E-state index in [1.807, 2.05) is 67.6 Å². The Morgan fingerprint density at radius 2 is 1.56 bits per heavy atom. The molecule has 0 bridgehead atoms. The van der Waals surface area contributed by atoms with Crippen molar-refractivity contribution in [2.45, 2.75) is 6.92 Å². The molecule has 0 amide bonds. The number of pyridine rings is 1. The van der Waals surface area contributed by atoms with Crippen LogP contribution in [0.4, 0.5) is 23.0 Å². The van der Waals surface area contributed by atoms with Gasteiger partial charge in [-0.3, -0.25) is 4.98 Å². The summed E-state index contributed by atoms with van der Waals surface area (Å²) in [6.07, 6.45) is 3.30. The van der Waals surface area contributed by atoms with Crippen LogP contribution in [0.15, 0.2) is 73.2 Å². The number of anilines is 4. The highest BCUT2D eigenvalue weighted by Gasteiger charge is 2.07. The van der Waals surface area contributed by atoms with Gasteiger partial charge in [-0.2, -0.15) is 0 Å². The molecule has 2 heterocycles. The quantitative estimate of drug-likeness (QED) is 0.511. The Morgan fingerprint density at radius 3 is 2.41 bits per heavy atom. The average Bonchev–Trinajstić information content (AvgIpc) is 2.70. The number of hydrogen-bond acceptors (Lipinski definition) is 6. The molecule has 0 saturated carbocycles. The Bertz CT molecular complexity index is 1060. The lowest BCUT2D eigenvalue weighted by atomic mass is 10.2. The van der Waals surface area contributed by atoms with E-state index in [0.29, 0.717) is 18.2 Å². The topological polar surface area (TPSA) is 72.0 Å². The summed E-state index contributed by atoms with van der Waals surface area (Å²) in [6, 6.07) is 19.6. The van der Waals surface area contributed by atoms with Crippen LogP contribution in [0, 0.1) is 0 Å². The smallest absolute Gasteiger partial charge is 0.142 e. The maximum atomic E-state index is 5.65. The normalized spacial score (nSPS) is 10.6. The number of benzene rings is 2. The molecule has 0 fully saturated rings. The molecule has 6 heteroatoms. The maximum absolute atomic E-state index is 5.65. The van der Waals surface area contributed by atoms with E-state index in [0.717, 1.165) is 28.0 Å². The molecule has 134 valence electrons. The zero-order chi connectivity index (χ0) is 18.5. The average molecular weight is 357 g/mol. The first-order valence-corrected chi connectivity index (χ1v) is 8.75. The van der Waals surface area contributed by atoms with E-state index in [1.54, 1.807) is 6.20 Å². The number of hydrogen-bond donors (Lipinski definition) is 2. The highest BCUT2D eigenvalue weighted by molar-refractivity contribution is 5.91. The lowest BCUT2D eigenvalue weighted by molar-refractivity contribution is 0.342. The Labute approximate surface area is 157 Å². The fraction of sp³-hybridized carbons (Fsp3) is 0.0952. The number of aromatic nitrogens is 3. The largest absolute Gasteiger partial charge is 0.492 e. The SMILES string of the molecule is CCOc1ccccc1Nc1cc(Nc2cccc3cccnc23)ncn1. The summed E-state index contributed by atoms with van der Waals surface area (Å²) in [5.74, 6) is 2.14. The molecule has 6 nitrogen and oxygen atoms in total. The molecule has 0 unspecified atom stereocenters. The van der Waals surface area contributed by atoms with Crippen LogP contribution in [0.1, 0.15) is 6.92 Å². The van der Waals surface area contributed by atoms with Gasteiger partial charge in [0.15, 0.2) is 0 Å². The second-order valence-electron chi connectivity index (χ2n) is 5.85. The fourth-order valence-electron chi connectivity index (χ4n) is 2.83. The fourth-order valence-corrected chi connectivity index (χ4v) is 2.83. The van der Waals surface area contributed by atoms with Gasteiger partial charge in [0.1, 0.15) is 23.7 Å². The molecule has 0 spiro atoms.